The lowest BCUT2D eigenvalue weighted by atomic mass is 10.0. The van der Waals surface area contributed by atoms with Crippen LogP contribution in [0.2, 0.25) is 0 Å². The maximum absolute atomic E-state index is 12.4. The lowest BCUT2D eigenvalue weighted by molar-refractivity contribution is 0.0942. The van der Waals surface area contributed by atoms with Crippen molar-refractivity contribution in [3.8, 4) is 11.3 Å². The second kappa shape index (κ2) is 6.61. The zero-order chi connectivity index (χ0) is 17.1. The van der Waals surface area contributed by atoms with Crippen LogP contribution in [0.1, 0.15) is 16.1 Å². The molecule has 4 rings (SSSR count). The van der Waals surface area contributed by atoms with Gasteiger partial charge in [0.05, 0.1) is 0 Å². The topological polar surface area (TPSA) is 55.1 Å². The van der Waals surface area contributed by atoms with E-state index in [0.717, 1.165) is 21.9 Å². The van der Waals surface area contributed by atoms with E-state index in [1.807, 2.05) is 54.6 Å². The first-order valence-electron chi connectivity index (χ1n) is 8.08. The minimum atomic E-state index is -0.251. The SMILES string of the molecule is O=C(NCc1cccc2ccccc12)c1cc(-c2ccccc2)on1. The summed E-state index contributed by atoms with van der Waals surface area (Å²) in [6.07, 6.45) is 0. The first-order chi connectivity index (χ1) is 12.3. The third kappa shape index (κ3) is 3.15. The van der Waals surface area contributed by atoms with E-state index in [0.29, 0.717) is 12.3 Å². The lowest BCUT2D eigenvalue weighted by Gasteiger charge is -2.07. The molecule has 0 saturated heterocycles. The highest BCUT2D eigenvalue weighted by atomic mass is 16.5. The molecule has 0 radical (unpaired) electrons. The first kappa shape index (κ1) is 15.1. The predicted molar refractivity (Wildman–Crippen MR) is 97.1 cm³/mol. The maximum atomic E-state index is 12.4. The van der Waals surface area contributed by atoms with Gasteiger partial charge in [-0.3, -0.25) is 4.79 Å². The number of hydrogen-bond donors (Lipinski definition) is 1. The molecule has 1 heterocycles. The third-order valence-electron chi connectivity index (χ3n) is 4.12. The fourth-order valence-corrected chi connectivity index (χ4v) is 2.83. The lowest BCUT2D eigenvalue weighted by Crippen LogP contribution is -2.23. The Kier molecular flexibility index (Phi) is 4.01. The Hall–Kier alpha value is -3.40. The number of nitrogens with one attached hydrogen (secondary N) is 1. The third-order valence-corrected chi connectivity index (χ3v) is 4.12. The molecule has 1 N–H and O–H groups in total. The highest BCUT2D eigenvalue weighted by molar-refractivity contribution is 5.93. The Morgan fingerprint density at radius 3 is 2.56 bits per heavy atom. The van der Waals surface area contributed by atoms with E-state index >= 15 is 0 Å². The minimum absolute atomic E-state index is 0.251. The van der Waals surface area contributed by atoms with Gasteiger partial charge in [0.25, 0.3) is 5.91 Å². The van der Waals surface area contributed by atoms with Gasteiger partial charge in [-0.2, -0.15) is 0 Å². The Labute approximate surface area is 145 Å². The Morgan fingerprint density at radius 1 is 0.920 bits per heavy atom. The average Bonchev–Trinajstić information content (AvgIpc) is 3.17. The van der Waals surface area contributed by atoms with Gasteiger partial charge in [0.15, 0.2) is 11.5 Å². The summed E-state index contributed by atoms with van der Waals surface area (Å²) in [5, 5.41) is 9.08. The van der Waals surface area contributed by atoms with Crippen molar-refractivity contribution in [1.29, 1.82) is 0 Å². The zero-order valence-corrected chi connectivity index (χ0v) is 13.5. The van der Waals surface area contributed by atoms with E-state index in [1.165, 1.54) is 0 Å². The second-order valence-corrected chi connectivity index (χ2v) is 5.76. The average molecular weight is 328 g/mol. The Morgan fingerprint density at radius 2 is 1.68 bits per heavy atom. The molecule has 0 aliphatic heterocycles. The zero-order valence-electron chi connectivity index (χ0n) is 13.5. The molecule has 122 valence electrons. The molecule has 0 saturated carbocycles. The van der Waals surface area contributed by atoms with E-state index in [9.17, 15) is 4.79 Å². The standard InChI is InChI=1S/C21H16N2O2/c24-21(19-13-20(25-23-19)16-8-2-1-3-9-16)22-14-17-11-6-10-15-7-4-5-12-18(15)17/h1-13H,14H2,(H,22,24). The molecule has 4 aromatic rings. The number of amides is 1. The molecule has 0 unspecified atom stereocenters. The van der Waals surface area contributed by atoms with Gasteiger partial charge in [-0.15, -0.1) is 0 Å². The van der Waals surface area contributed by atoms with Gasteiger partial charge < -0.3 is 9.84 Å². The van der Waals surface area contributed by atoms with Crippen LogP contribution in [-0.4, -0.2) is 11.1 Å². The van der Waals surface area contributed by atoms with Crippen LogP contribution in [0.15, 0.2) is 83.4 Å². The molecule has 0 spiro atoms. The summed E-state index contributed by atoms with van der Waals surface area (Å²) in [6, 6.07) is 25.4. The highest BCUT2D eigenvalue weighted by Gasteiger charge is 2.13. The van der Waals surface area contributed by atoms with Crippen LogP contribution in [0.4, 0.5) is 0 Å². The number of carbonyl (C=O) groups excluding carboxylic acids is 1. The van der Waals surface area contributed by atoms with E-state index in [-0.39, 0.29) is 11.6 Å². The van der Waals surface area contributed by atoms with Crippen LogP contribution in [0.5, 0.6) is 0 Å². The summed E-state index contributed by atoms with van der Waals surface area (Å²) in [5.41, 5.74) is 2.24. The monoisotopic (exact) mass is 328 g/mol. The van der Waals surface area contributed by atoms with Gasteiger partial charge in [0.1, 0.15) is 0 Å². The van der Waals surface area contributed by atoms with Crippen LogP contribution in [0, 0.1) is 0 Å². The van der Waals surface area contributed by atoms with E-state index in [1.54, 1.807) is 6.07 Å². The molecule has 0 fully saturated rings. The number of rotatable bonds is 4. The van der Waals surface area contributed by atoms with E-state index in [2.05, 4.69) is 28.7 Å². The van der Waals surface area contributed by atoms with Crippen LogP contribution < -0.4 is 5.32 Å². The molecule has 0 aliphatic rings. The second-order valence-electron chi connectivity index (χ2n) is 5.76. The van der Waals surface area contributed by atoms with Crippen molar-refractivity contribution in [3.05, 3.63) is 90.1 Å². The fourth-order valence-electron chi connectivity index (χ4n) is 2.83. The molecule has 4 nitrogen and oxygen atoms in total. The molecule has 0 aliphatic carbocycles. The number of benzene rings is 3. The van der Waals surface area contributed by atoms with Gasteiger partial charge in [0.2, 0.25) is 0 Å². The van der Waals surface area contributed by atoms with Crippen molar-refractivity contribution in [1.82, 2.24) is 10.5 Å². The quantitative estimate of drug-likeness (QED) is 0.603. The molecule has 25 heavy (non-hydrogen) atoms. The van der Waals surface area contributed by atoms with Crippen LogP contribution in [0.3, 0.4) is 0 Å². The summed E-state index contributed by atoms with van der Waals surface area (Å²) in [4.78, 5) is 12.4. The molecule has 1 amide bonds. The maximum Gasteiger partial charge on any atom is 0.273 e. The smallest absolute Gasteiger partial charge is 0.273 e. The molecule has 3 aromatic carbocycles. The molecule has 0 bridgehead atoms. The van der Waals surface area contributed by atoms with Crippen molar-refractivity contribution in [3.63, 3.8) is 0 Å². The summed E-state index contributed by atoms with van der Waals surface area (Å²) >= 11 is 0. The van der Waals surface area contributed by atoms with Crippen LogP contribution in [0.25, 0.3) is 22.1 Å². The van der Waals surface area contributed by atoms with Crippen molar-refractivity contribution in [2.24, 2.45) is 0 Å². The van der Waals surface area contributed by atoms with Gasteiger partial charge >= 0.3 is 0 Å². The fraction of sp³-hybridized carbons (Fsp3) is 0.0476. The number of hydrogen-bond acceptors (Lipinski definition) is 3. The van der Waals surface area contributed by atoms with Gasteiger partial charge in [-0.05, 0) is 16.3 Å². The Bertz CT molecular complexity index is 1020. The van der Waals surface area contributed by atoms with Crippen molar-refractivity contribution >= 4 is 16.7 Å². The number of aromatic nitrogens is 1. The van der Waals surface area contributed by atoms with Crippen LogP contribution in [-0.2, 0) is 6.54 Å². The number of nitrogens with zero attached hydrogens (tertiary/aromatic N) is 1. The highest BCUT2D eigenvalue weighted by Crippen LogP contribution is 2.20. The molecule has 4 heteroatoms. The molecule has 1 aromatic heterocycles. The summed E-state index contributed by atoms with van der Waals surface area (Å²) in [7, 11) is 0. The van der Waals surface area contributed by atoms with Gasteiger partial charge in [0, 0.05) is 18.2 Å². The minimum Gasteiger partial charge on any atom is -0.355 e. The number of carbonyl (C=O) groups is 1. The number of fused-ring (bicyclic) bond motifs is 1. The predicted octanol–water partition coefficient (Wildman–Crippen LogP) is 4.42. The van der Waals surface area contributed by atoms with E-state index < -0.39 is 0 Å². The summed E-state index contributed by atoms with van der Waals surface area (Å²) in [6.45, 7) is 0.438. The van der Waals surface area contributed by atoms with Crippen molar-refractivity contribution in [2.75, 3.05) is 0 Å². The van der Waals surface area contributed by atoms with Gasteiger partial charge in [-0.1, -0.05) is 78.0 Å². The first-order valence-corrected chi connectivity index (χ1v) is 8.08. The summed E-state index contributed by atoms with van der Waals surface area (Å²) < 4.78 is 5.28. The Balaban J connectivity index is 1.50. The van der Waals surface area contributed by atoms with E-state index in [4.69, 9.17) is 4.52 Å². The molecule has 0 atom stereocenters. The van der Waals surface area contributed by atoms with Gasteiger partial charge in [-0.25, -0.2) is 0 Å². The normalized spacial score (nSPS) is 10.7. The molecular formula is C21H16N2O2. The summed E-state index contributed by atoms with van der Waals surface area (Å²) in [5.74, 6) is 0.328. The largest absolute Gasteiger partial charge is 0.355 e. The van der Waals surface area contributed by atoms with Crippen molar-refractivity contribution < 1.29 is 9.32 Å². The van der Waals surface area contributed by atoms with Crippen LogP contribution >= 0.6 is 0 Å². The molecular weight excluding hydrogens is 312 g/mol. The van der Waals surface area contributed by atoms with Crippen molar-refractivity contribution in [2.45, 2.75) is 6.54 Å².